The van der Waals surface area contributed by atoms with E-state index in [9.17, 15) is 22.8 Å². The summed E-state index contributed by atoms with van der Waals surface area (Å²) in [7, 11) is 1.81. The van der Waals surface area contributed by atoms with E-state index in [1.807, 2.05) is 7.05 Å². The highest BCUT2D eigenvalue weighted by molar-refractivity contribution is 6.32. The number of hydrogen-bond donors (Lipinski definition) is 1. The van der Waals surface area contributed by atoms with Crippen LogP contribution < -0.4 is 11.0 Å². The first-order valence-corrected chi connectivity index (χ1v) is 11.1. The monoisotopic (exact) mass is 514 g/mol. The summed E-state index contributed by atoms with van der Waals surface area (Å²) in [4.78, 5) is 29.8. The maximum Gasteiger partial charge on any atom is 0.405 e. The molecule has 0 saturated carbocycles. The number of fused-ring (bicyclic) bond motifs is 2. The molecule has 8 nitrogen and oxygen atoms in total. The molecule has 5 aromatic rings. The lowest BCUT2D eigenvalue weighted by Gasteiger charge is -2.10. The molecule has 0 aliphatic rings. The second-order valence-electron chi connectivity index (χ2n) is 8.14. The van der Waals surface area contributed by atoms with Crippen LogP contribution in [0.2, 0.25) is 5.02 Å². The Kier molecular flexibility index (Phi) is 5.79. The number of carbonyl (C=O) groups excluding carboxylic acids is 1. The van der Waals surface area contributed by atoms with Gasteiger partial charge in [-0.2, -0.15) is 18.3 Å². The molecule has 1 N–H and O–H groups in total. The van der Waals surface area contributed by atoms with Crippen molar-refractivity contribution in [2.24, 2.45) is 7.05 Å². The Balaban J connectivity index is 1.57. The molecule has 184 valence electrons. The van der Waals surface area contributed by atoms with E-state index in [1.54, 1.807) is 71.1 Å². The van der Waals surface area contributed by atoms with Gasteiger partial charge in [0.15, 0.2) is 0 Å². The van der Waals surface area contributed by atoms with Crippen LogP contribution in [0, 0.1) is 0 Å². The number of alkyl halides is 3. The summed E-state index contributed by atoms with van der Waals surface area (Å²) in [5.41, 5.74) is 3.01. The highest BCUT2D eigenvalue weighted by Crippen LogP contribution is 2.32. The molecule has 3 heterocycles. The zero-order valence-electron chi connectivity index (χ0n) is 18.8. The normalized spacial score (nSPS) is 11.9. The second-order valence-corrected chi connectivity index (χ2v) is 8.55. The molecule has 12 heteroatoms. The van der Waals surface area contributed by atoms with Gasteiger partial charge in [0.05, 0.1) is 39.7 Å². The van der Waals surface area contributed by atoms with E-state index < -0.39 is 30.9 Å². The van der Waals surface area contributed by atoms with Crippen molar-refractivity contribution >= 4 is 39.4 Å². The standard InChI is InChI=1S/C24H18ClF3N6O2/c1-32-21-11-29-9-15(16(21)10-31-32)14-6-7-18(17(25)8-14)34-20-5-3-2-4-19(20)33(23(34)36)12-22(35)30-13-24(26,27)28/h2-11H,12-13H2,1H3,(H,30,35). The molecule has 0 saturated heterocycles. The average Bonchev–Trinajstić information content (AvgIpc) is 3.35. The summed E-state index contributed by atoms with van der Waals surface area (Å²) in [6.07, 6.45) is 0.587. The summed E-state index contributed by atoms with van der Waals surface area (Å²) in [5, 5.41) is 7.21. The maximum atomic E-state index is 13.4. The SMILES string of the molecule is Cn1ncc2c(-c3ccc(-n4c(=O)n(CC(=O)NCC(F)(F)F)c5ccccc54)c(Cl)c3)cncc21. The van der Waals surface area contributed by atoms with Gasteiger partial charge in [-0.05, 0) is 29.8 Å². The van der Waals surface area contributed by atoms with Gasteiger partial charge in [0.25, 0.3) is 0 Å². The third-order valence-corrected chi connectivity index (χ3v) is 6.10. The van der Waals surface area contributed by atoms with Crippen molar-refractivity contribution in [3.63, 3.8) is 0 Å². The minimum atomic E-state index is -4.56. The van der Waals surface area contributed by atoms with Crippen molar-refractivity contribution in [3.8, 4) is 16.8 Å². The van der Waals surface area contributed by atoms with Gasteiger partial charge in [0, 0.05) is 24.2 Å². The van der Waals surface area contributed by atoms with Gasteiger partial charge in [0.1, 0.15) is 13.1 Å². The average molecular weight is 515 g/mol. The lowest BCUT2D eigenvalue weighted by atomic mass is 10.0. The zero-order valence-corrected chi connectivity index (χ0v) is 19.5. The van der Waals surface area contributed by atoms with E-state index in [4.69, 9.17) is 11.6 Å². The Labute approximate surface area is 206 Å². The first kappa shape index (κ1) is 23.6. The van der Waals surface area contributed by atoms with Crippen LogP contribution in [0.1, 0.15) is 0 Å². The molecule has 2 aromatic carbocycles. The van der Waals surface area contributed by atoms with Gasteiger partial charge < -0.3 is 5.32 Å². The van der Waals surface area contributed by atoms with Crippen LogP contribution in [-0.2, 0) is 18.4 Å². The number of rotatable bonds is 5. The number of halogens is 4. The summed E-state index contributed by atoms with van der Waals surface area (Å²) < 4.78 is 41.6. The predicted molar refractivity (Wildman–Crippen MR) is 129 cm³/mol. The number of pyridine rings is 1. The largest absolute Gasteiger partial charge is 0.405 e. The molecule has 0 spiro atoms. The van der Waals surface area contributed by atoms with Crippen molar-refractivity contribution < 1.29 is 18.0 Å². The van der Waals surface area contributed by atoms with Crippen LogP contribution >= 0.6 is 11.6 Å². The van der Waals surface area contributed by atoms with Gasteiger partial charge in [-0.15, -0.1) is 0 Å². The summed E-state index contributed by atoms with van der Waals surface area (Å²) >= 11 is 6.64. The summed E-state index contributed by atoms with van der Waals surface area (Å²) in [6, 6.07) is 11.8. The molecule has 5 rings (SSSR count). The van der Waals surface area contributed by atoms with Gasteiger partial charge in [0.2, 0.25) is 5.91 Å². The Hall–Kier alpha value is -4.12. The van der Waals surface area contributed by atoms with Crippen molar-refractivity contribution in [1.29, 1.82) is 0 Å². The van der Waals surface area contributed by atoms with E-state index in [1.165, 1.54) is 4.57 Å². The van der Waals surface area contributed by atoms with Crippen LogP contribution in [0.4, 0.5) is 13.2 Å². The maximum absolute atomic E-state index is 13.4. The van der Waals surface area contributed by atoms with Crippen molar-refractivity contribution in [2.45, 2.75) is 12.7 Å². The van der Waals surface area contributed by atoms with Gasteiger partial charge >= 0.3 is 11.9 Å². The van der Waals surface area contributed by atoms with E-state index in [0.717, 1.165) is 26.6 Å². The van der Waals surface area contributed by atoms with Gasteiger partial charge in [-0.3, -0.25) is 23.6 Å². The number of nitrogens with zero attached hydrogens (tertiary/aromatic N) is 5. The fourth-order valence-corrected chi connectivity index (χ4v) is 4.40. The molecular weight excluding hydrogens is 497 g/mol. The van der Waals surface area contributed by atoms with Crippen molar-refractivity contribution in [1.82, 2.24) is 29.2 Å². The van der Waals surface area contributed by atoms with Crippen LogP contribution in [0.3, 0.4) is 0 Å². The minimum Gasteiger partial charge on any atom is -0.345 e. The molecule has 0 fully saturated rings. The Morgan fingerprint density at radius 1 is 1.06 bits per heavy atom. The first-order chi connectivity index (χ1) is 17.1. The number of carbonyl (C=O) groups is 1. The fourth-order valence-electron chi connectivity index (χ4n) is 4.14. The third kappa shape index (κ3) is 4.22. The quantitative estimate of drug-likeness (QED) is 0.383. The molecule has 1 amide bonds. The third-order valence-electron chi connectivity index (χ3n) is 5.80. The summed E-state index contributed by atoms with van der Waals surface area (Å²) in [6.45, 7) is -2.06. The van der Waals surface area contributed by atoms with E-state index in [0.29, 0.717) is 16.7 Å². The molecule has 0 radical (unpaired) electrons. The smallest absolute Gasteiger partial charge is 0.345 e. The molecule has 0 unspecified atom stereocenters. The number of hydrogen-bond acceptors (Lipinski definition) is 4. The molecule has 3 aromatic heterocycles. The van der Waals surface area contributed by atoms with Crippen molar-refractivity contribution in [3.05, 3.63) is 76.6 Å². The van der Waals surface area contributed by atoms with E-state index >= 15 is 0 Å². The van der Waals surface area contributed by atoms with Crippen molar-refractivity contribution in [2.75, 3.05) is 6.54 Å². The number of aryl methyl sites for hydroxylation is 1. The fraction of sp³-hybridized carbons (Fsp3) is 0.167. The topological polar surface area (TPSA) is 86.7 Å². The molecule has 0 bridgehead atoms. The summed E-state index contributed by atoms with van der Waals surface area (Å²) in [5.74, 6) is -0.934. The first-order valence-electron chi connectivity index (χ1n) is 10.7. The number of nitrogens with one attached hydrogen (secondary N) is 1. The van der Waals surface area contributed by atoms with Crippen LogP contribution in [0.15, 0.2) is 65.8 Å². The Bertz CT molecular complexity index is 1690. The van der Waals surface area contributed by atoms with Gasteiger partial charge in [-0.25, -0.2) is 4.79 Å². The Morgan fingerprint density at radius 3 is 2.53 bits per heavy atom. The number of amides is 1. The number of aromatic nitrogens is 5. The van der Waals surface area contributed by atoms with E-state index in [2.05, 4.69) is 10.1 Å². The zero-order chi connectivity index (χ0) is 25.6. The van der Waals surface area contributed by atoms with Crippen LogP contribution in [-0.4, -0.2) is 42.5 Å². The minimum absolute atomic E-state index is 0.264. The second kappa shape index (κ2) is 8.83. The predicted octanol–water partition coefficient (Wildman–Crippen LogP) is 4.07. The highest BCUT2D eigenvalue weighted by Gasteiger charge is 2.28. The molecule has 36 heavy (non-hydrogen) atoms. The molecular formula is C24H18ClF3N6O2. The number of para-hydroxylation sites is 2. The number of imidazole rings is 1. The highest BCUT2D eigenvalue weighted by atomic mass is 35.5. The Morgan fingerprint density at radius 2 is 1.81 bits per heavy atom. The molecule has 0 aliphatic heterocycles. The van der Waals surface area contributed by atoms with Crippen LogP contribution in [0.25, 0.3) is 38.8 Å². The molecule has 0 aliphatic carbocycles. The molecule has 0 atom stereocenters. The lowest BCUT2D eigenvalue weighted by molar-refractivity contribution is -0.138. The van der Waals surface area contributed by atoms with Gasteiger partial charge in [-0.1, -0.05) is 29.8 Å². The lowest BCUT2D eigenvalue weighted by Crippen LogP contribution is -2.37. The van der Waals surface area contributed by atoms with Crippen LogP contribution in [0.5, 0.6) is 0 Å². The number of benzene rings is 2. The van der Waals surface area contributed by atoms with E-state index in [-0.39, 0.29) is 5.02 Å².